The van der Waals surface area contributed by atoms with Gasteiger partial charge in [0, 0.05) is 24.5 Å². The molecule has 3 N–H and O–H groups in total. The first-order valence-corrected chi connectivity index (χ1v) is 9.02. The largest absolute Gasteiger partial charge is 0.501 e. The van der Waals surface area contributed by atoms with Crippen LogP contribution in [0.15, 0.2) is 33.5 Å². The lowest BCUT2D eigenvalue weighted by molar-refractivity contribution is 0.0869. The van der Waals surface area contributed by atoms with E-state index in [1.54, 1.807) is 0 Å². The number of nitrogens with one attached hydrogen (secondary N) is 2. The fourth-order valence-electron chi connectivity index (χ4n) is 2.59. The average molecular weight is 449 g/mol. The molecule has 0 unspecified atom stereocenters. The zero-order valence-corrected chi connectivity index (χ0v) is 17.1. The summed E-state index contributed by atoms with van der Waals surface area (Å²) < 4.78 is 57.8. The highest BCUT2D eigenvalue weighted by molar-refractivity contribution is 5.94. The number of aryl methyl sites for hydroxylation is 1. The molecule has 0 saturated carbocycles. The van der Waals surface area contributed by atoms with Crippen molar-refractivity contribution in [2.24, 2.45) is 6.98 Å². The van der Waals surface area contributed by atoms with E-state index in [0.29, 0.717) is 0 Å². The van der Waals surface area contributed by atoms with Crippen LogP contribution in [0.3, 0.4) is 0 Å². The topological polar surface area (TPSA) is 152 Å². The van der Waals surface area contributed by atoms with E-state index in [1.807, 2.05) is 5.32 Å². The van der Waals surface area contributed by atoms with E-state index in [4.69, 9.17) is 11.3 Å². The Morgan fingerprint density at radius 3 is 2.56 bits per heavy atom. The maximum Gasteiger partial charge on any atom is 0.309 e. The highest BCUT2D eigenvalue weighted by Crippen LogP contribution is 2.20. The number of amides is 2. The van der Waals surface area contributed by atoms with Gasteiger partial charge in [0.05, 0.1) is 8.28 Å². The summed E-state index contributed by atoms with van der Waals surface area (Å²) in [5, 5.41) is 21.7. The molecule has 0 fully saturated rings. The van der Waals surface area contributed by atoms with E-state index < -0.39 is 65.4 Å². The van der Waals surface area contributed by atoms with Gasteiger partial charge in [-0.1, -0.05) is 12.1 Å². The first-order valence-electron chi connectivity index (χ1n) is 11.5. The second-order valence-corrected chi connectivity index (χ2v) is 7.06. The van der Waals surface area contributed by atoms with E-state index in [1.165, 1.54) is 20.8 Å². The van der Waals surface area contributed by atoms with Crippen LogP contribution in [-0.2, 0) is 19.0 Å². The third-order valence-electron chi connectivity index (χ3n) is 4.14. The summed E-state index contributed by atoms with van der Waals surface area (Å²) in [6.07, 6.45) is 0. The van der Waals surface area contributed by atoms with Gasteiger partial charge >= 0.3 is 11.8 Å². The van der Waals surface area contributed by atoms with Crippen LogP contribution in [0.2, 0.25) is 0 Å². The van der Waals surface area contributed by atoms with Gasteiger partial charge in [0.25, 0.3) is 11.5 Å². The van der Waals surface area contributed by atoms with E-state index in [-0.39, 0.29) is 16.0 Å². The Hall–Kier alpha value is -4.09. The molecule has 3 aromatic rings. The normalized spacial score (nSPS) is 14.4. The molecule has 0 radical (unpaired) electrons. The molecular formula is C20H21FN6O5. The van der Waals surface area contributed by atoms with Crippen molar-refractivity contribution in [2.75, 3.05) is 0 Å². The van der Waals surface area contributed by atoms with E-state index in [2.05, 4.69) is 20.5 Å². The second kappa shape index (κ2) is 8.57. The van der Waals surface area contributed by atoms with Crippen molar-refractivity contribution >= 4 is 11.8 Å². The van der Waals surface area contributed by atoms with Gasteiger partial charge in [0.2, 0.25) is 11.6 Å². The molecule has 2 heterocycles. The van der Waals surface area contributed by atoms with Crippen LogP contribution in [0.25, 0.3) is 0 Å². The molecular weight excluding hydrogens is 423 g/mol. The lowest BCUT2D eigenvalue weighted by Gasteiger charge is -2.27. The van der Waals surface area contributed by atoms with Crippen LogP contribution < -0.4 is 16.2 Å². The number of aromatic nitrogens is 4. The van der Waals surface area contributed by atoms with Crippen molar-refractivity contribution in [3.05, 3.63) is 69.3 Å². The molecule has 0 atom stereocenters. The summed E-state index contributed by atoms with van der Waals surface area (Å²) in [4.78, 5) is 42.2. The Morgan fingerprint density at radius 1 is 1.28 bits per heavy atom. The number of benzene rings is 1. The number of carbonyl (C=O) groups excluding carboxylic acids is 2. The molecule has 1 aromatic carbocycles. The minimum atomic E-state index is -3.21. The summed E-state index contributed by atoms with van der Waals surface area (Å²) >= 11 is 0. The first kappa shape index (κ1) is 16.6. The zero-order valence-electron chi connectivity index (χ0n) is 22.1. The molecule has 2 amide bonds. The molecule has 0 aliphatic heterocycles. The zero-order chi connectivity index (χ0) is 27.9. The maximum atomic E-state index is 13.2. The highest BCUT2D eigenvalue weighted by atomic mass is 19.1. The lowest BCUT2D eigenvalue weighted by atomic mass is 10.0. The lowest BCUT2D eigenvalue weighted by Crippen LogP contribution is -2.46. The Labute approximate surface area is 188 Å². The Bertz CT molecular complexity index is 1420. The number of rotatable bonds is 6. The standard InChI is InChI=1S/C20H21FN6O5/c1-10-25-26-17(32-10)16(30)24-20(2,3)19-23-13(14(28)18(31)27(19)4)15(29)22-9-11-5-7-12(21)8-6-11/h5-8,28H,9H2,1-4H3,(H,22,29)(H,24,30)/i4D3,9D2. The number of carbonyl (C=O) groups is 2. The fraction of sp³-hybridized carbons (Fsp3) is 0.300. The predicted molar refractivity (Wildman–Crippen MR) is 108 cm³/mol. The van der Waals surface area contributed by atoms with Gasteiger partial charge in [-0.2, -0.15) is 0 Å². The van der Waals surface area contributed by atoms with Gasteiger partial charge in [-0.05, 0) is 31.5 Å². The average Bonchev–Trinajstić information content (AvgIpc) is 3.20. The summed E-state index contributed by atoms with van der Waals surface area (Å²) in [6.45, 7) is -1.88. The smallest absolute Gasteiger partial charge is 0.309 e. The van der Waals surface area contributed by atoms with E-state index in [0.717, 1.165) is 24.3 Å². The Kier molecular flexibility index (Phi) is 4.44. The van der Waals surface area contributed by atoms with E-state index >= 15 is 0 Å². The molecule has 32 heavy (non-hydrogen) atoms. The summed E-state index contributed by atoms with van der Waals surface area (Å²) in [5.41, 5.74) is -4.51. The van der Waals surface area contributed by atoms with Crippen LogP contribution >= 0.6 is 0 Å². The SMILES string of the molecule is [2H]C([2H])(NC(=O)c1nc(C(C)(C)NC(=O)c2nnc(C)o2)n(C([2H])([2H])[2H])c(=O)c1O)c1ccc(F)cc1. The van der Waals surface area contributed by atoms with Crippen molar-refractivity contribution in [1.29, 1.82) is 0 Å². The van der Waals surface area contributed by atoms with Crippen molar-refractivity contribution in [1.82, 2.24) is 30.4 Å². The van der Waals surface area contributed by atoms with Crippen LogP contribution in [0.4, 0.5) is 4.39 Å². The molecule has 0 bridgehead atoms. The van der Waals surface area contributed by atoms with Gasteiger partial charge in [0.15, 0.2) is 5.69 Å². The number of hydrogen-bond donors (Lipinski definition) is 3. The maximum absolute atomic E-state index is 13.2. The fourth-order valence-corrected chi connectivity index (χ4v) is 2.59. The molecule has 12 heteroatoms. The van der Waals surface area contributed by atoms with Crippen LogP contribution in [0.5, 0.6) is 5.75 Å². The minimum absolute atomic E-state index is 0.0690. The van der Waals surface area contributed by atoms with Crippen LogP contribution in [0, 0.1) is 12.7 Å². The van der Waals surface area contributed by atoms with Gasteiger partial charge in [-0.15, -0.1) is 10.2 Å². The highest BCUT2D eigenvalue weighted by Gasteiger charge is 2.32. The van der Waals surface area contributed by atoms with Gasteiger partial charge in [0.1, 0.15) is 11.6 Å². The monoisotopic (exact) mass is 449 g/mol. The minimum Gasteiger partial charge on any atom is -0.501 e. The summed E-state index contributed by atoms with van der Waals surface area (Å²) in [7, 11) is 0. The first-order chi connectivity index (χ1) is 16.9. The van der Waals surface area contributed by atoms with E-state index in [9.17, 15) is 23.9 Å². The van der Waals surface area contributed by atoms with Crippen molar-refractivity contribution in [3.8, 4) is 5.75 Å². The van der Waals surface area contributed by atoms with Crippen molar-refractivity contribution in [3.63, 3.8) is 0 Å². The van der Waals surface area contributed by atoms with Crippen LogP contribution in [-0.4, -0.2) is 36.7 Å². The molecule has 0 saturated heterocycles. The summed E-state index contributed by atoms with van der Waals surface area (Å²) in [5.74, 6) is -5.45. The molecule has 0 aliphatic rings. The summed E-state index contributed by atoms with van der Waals surface area (Å²) in [6, 6.07) is 4.05. The third kappa shape index (κ3) is 4.63. The van der Waals surface area contributed by atoms with Gasteiger partial charge in [-0.3, -0.25) is 19.0 Å². The molecule has 168 valence electrons. The number of hydrogen-bond acceptors (Lipinski definition) is 8. The Balaban J connectivity index is 2.08. The molecule has 0 spiro atoms. The van der Waals surface area contributed by atoms with Gasteiger partial charge in [-0.25, -0.2) is 9.37 Å². The number of nitrogens with zero attached hydrogens (tertiary/aromatic N) is 4. The molecule has 0 aliphatic carbocycles. The van der Waals surface area contributed by atoms with Gasteiger partial charge < -0.3 is 20.2 Å². The number of aromatic hydroxyl groups is 1. The van der Waals surface area contributed by atoms with Crippen LogP contribution in [0.1, 0.15) is 59.2 Å². The molecule has 3 rings (SSSR count). The number of halogens is 1. The quantitative estimate of drug-likeness (QED) is 0.502. The van der Waals surface area contributed by atoms with Crippen molar-refractivity contribution in [2.45, 2.75) is 32.8 Å². The third-order valence-corrected chi connectivity index (χ3v) is 4.14. The molecule has 11 nitrogen and oxygen atoms in total. The Morgan fingerprint density at radius 2 is 1.97 bits per heavy atom. The van der Waals surface area contributed by atoms with Crippen molar-refractivity contribution < 1.29 is 30.4 Å². The second-order valence-electron chi connectivity index (χ2n) is 7.06. The predicted octanol–water partition coefficient (Wildman–Crippen LogP) is 0.912. The molecule has 2 aromatic heterocycles.